The van der Waals surface area contributed by atoms with Crippen LogP contribution in [0, 0.1) is 0 Å². The molecule has 0 bridgehead atoms. The Morgan fingerprint density at radius 2 is 1.94 bits per heavy atom. The molecule has 0 radical (unpaired) electrons. The SMILES string of the molecule is CCCCOc1ccc(Br)cc1C(=O)NC(=S)NNC(=O)Cn1ccc2ccccc21. The third-order valence-corrected chi connectivity index (χ3v) is 5.18. The molecule has 2 amide bonds. The van der Waals surface area contributed by atoms with Crippen LogP contribution in [0.4, 0.5) is 0 Å². The minimum atomic E-state index is -0.434. The van der Waals surface area contributed by atoms with Crippen LogP contribution in [0.2, 0.25) is 0 Å². The van der Waals surface area contributed by atoms with Gasteiger partial charge in [-0.2, -0.15) is 0 Å². The fourth-order valence-electron chi connectivity index (χ4n) is 2.93. The van der Waals surface area contributed by atoms with Gasteiger partial charge < -0.3 is 9.30 Å². The molecule has 1 aromatic heterocycles. The third kappa shape index (κ3) is 6.28. The van der Waals surface area contributed by atoms with Crippen molar-refractivity contribution in [2.24, 2.45) is 0 Å². The summed E-state index contributed by atoms with van der Waals surface area (Å²) in [5, 5.41) is 3.59. The number of ether oxygens (including phenoxy) is 1. The van der Waals surface area contributed by atoms with Crippen LogP contribution in [0.1, 0.15) is 30.1 Å². The van der Waals surface area contributed by atoms with E-state index in [9.17, 15) is 9.59 Å². The summed E-state index contributed by atoms with van der Waals surface area (Å²) in [6.07, 6.45) is 3.72. The van der Waals surface area contributed by atoms with Crippen LogP contribution in [0.3, 0.4) is 0 Å². The predicted octanol–water partition coefficient (Wildman–Crippen LogP) is 3.92. The molecule has 3 N–H and O–H groups in total. The van der Waals surface area contributed by atoms with Gasteiger partial charge in [0.1, 0.15) is 12.3 Å². The molecule has 7 nitrogen and oxygen atoms in total. The first kappa shape index (κ1) is 22.8. The van der Waals surface area contributed by atoms with Crippen molar-refractivity contribution in [1.82, 2.24) is 20.7 Å². The molecular weight excluding hydrogens is 480 g/mol. The standard InChI is InChI=1S/C22H23BrN4O3S/c1-2-3-12-30-19-9-8-16(23)13-17(19)21(29)24-22(31)26-25-20(28)14-27-11-10-15-6-4-5-7-18(15)27/h4-11,13H,2-3,12,14H2,1H3,(H,25,28)(H2,24,26,29,31). The van der Waals surface area contributed by atoms with Crippen molar-refractivity contribution in [3.8, 4) is 5.75 Å². The van der Waals surface area contributed by atoms with Gasteiger partial charge in [0.25, 0.3) is 11.8 Å². The van der Waals surface area contributed by atoms with E-state index in [4.69, 9.17) is 17.0 Å². The van der Waals surface area contributed by atoms with Crippen LogP contribution < -0.4 is 20.9 Å². The van der Waals surface area contributed by atoms with E-state index in [-0.39, 0.29) is 17.6 Å². The molecule has 3 aromatic rings. The number of thiocarbonyl (C=S) groups is 1. The first-order valence-corrected chi connectivity index (χ1v) is 11.0. The molecule has 0 saturated heterocycles. The Morgan fingerprint density at radius 3 is 2.74 bits per heavy atom. The summed E-state index contributed by atoms with van der Waals surface area (Å²) in [7, 11) is 0. The quantitative estimate of drug-likeness (QED) is 0.259. The number of carbonyl (C=O) groups is 2. The lowest BCUT2D eigenvalue weighted by Crippen LogP contribution is -2.49. The number of unbranched alkanes of at least 4 members (excludes halogenated alkanes) is 1. The van der Waals surface area contributed by atoms with Crippen molar-refractivity contribution >= 4 is 56.0 Å². The number of benzene rings is 2. The zero-order valence-corrected chi connectivity index (χ0v) is 19.4. The molecule has 2 aromatic carbocycles. The van der Waals surface area contributed by atoms with E-state index in [0.717, 1.165) is 28.2 Å². The summed E-state index contributed by atoms with van der Waals surface area (Å²) in [5.74, 6) is -0.264. The van der Waals surface area contributed by atoms with Crippen molar-refractivity contribution in [2.75, 3.05) is 6.61 Å². The van der Waals surface area contributed by atoms with Crippen LogP contribution in [-0.4, -0.2) is 28.1 Å². The molecule has 162 valence electrons. The number of carbonyl (C=O) groups excluding carboxylic acids is 2. The molecule has 0 aliphatic heterocycles. The van der Waals surface area contributed by atoms with Gasteiger partial charge in [0.2, 0.25) is 0 Å². The number of nitrogens with zero attached hydrogens (tertiary/aromatic N) is 1. The lowest BCUT2D eigenvalue weighted by Gasteiger charge is -2.14. The van der Waals surface area contributed by atoms with Crippen molar-refractivity contribution in [1.29, 1.82) is 0 Å². The molecule has 9 heteroatoms. The highest BCUT2D eigenvalue weighted by molar-refractivity contribution is 9.10. The van der Waals surface area contributed by atoms with Gasteiger partial charge in [-0.05, 0) is 54.4 Å². The van der Waals surface area contributed by atoms with Crippen molar-refractivity contribution in [2.45, 2.75) is 26.3 Å². The van der Waals surface area contributed by atoms with Gasteiger partial charge in [0.05, 0.1) is 12.2 Å². The molecule has 0 aliphatic rings. The summed E-state index contributed by atoms with van der Waals surface area (Å²) < 4.78 is 8.28. The van der Waals surface area contributed by atoms with E-state index in [1.54, 1.807) is 18.2 Å². The van der Waals surface area contributed by atoms with E-state index in [0.29, 0.717) is 17.9 Å². The normalized spacial score (nSPS) is 10.5. The van der Waals surface area contributed by atoms with Gasteiger partial charge in [0, 0.05) is 16.2 Å². The van der Waals surface area contributed by atoms with E-state index in [1.165, 1.54) is 0 Å². The monoisotopic (exact) mass is 502 g/mol. The number of nitrogens with one attached hydrogen (secondary N) is 3. The van der Waals surface area contributed by atoms with Gasteiger partial charge in [-0.3, -0.25) is 25.8 Å². The number of amides is 2. The summed E-state index contributed by atoms with van der Waals surface area (Å²) in [4.78, 5) is 24.9. The Bertz CT molecular complexity index is 1100. The molecule has 31 heavy (non-hydrogen) atoms. The van der Waals surface area contributed by atoms with Gasteiger partial charge >= 0.3 is 0 Å². The number of halogens is 1. The Labute approximate surface area is 194 Å². The highest BCUT2D eigenvalue weighted by Crippen LogP contribution is 2.23. The molecule has 0 aliphatic carbocycles. The topological polar surface area (TPSA) is 84.4 Å². The van der Waals surface area contributed by atoms with Gasteiger partial charge in [-0.1, -0.05) is 47.5 Å². The zero-order valence-electron chi connectivity index (χ0n) is 17.0. The second-order valence-corrected chi connectivity index (χ2v) is 8.13. The van der Waals surface area contributed by atoms with E-state index < -0.39 is 5.91 Å². The smallest absolute Gasteiger partial charge is 0.261 e. The Kier molecular flexibility index (Phi) is 8.02. The first-order chi connectivity index (χ1) is 15.0. The Hall–Kier alpha value is -2.91. The minimum Gasteiger partial charge on any atom is -0.493 e. The largest absolute Gasteiger partial charge is 0.493 e. The molecule has 0 spiro atoms. The molecule has 0 unspecified atom stereocenters. The maximum Gasteiger partial charge on any atom is 0.261 e. The Morgan fingerprint density at radius 1 is 1.13 bits per heavy atom. The van der Waals surface area contributed by atoms with Crippen LogP contribution >= 0.6 is 28.1 Å². The highest BCUT2D eigenvalue weighted by atomic mass is 79.9. The van der Waals surface area contributed by atoms with Gasteiger partial charge in [0.15, 0.2) is 5.11 Å². The van der Waals surface area contributed by atoms with Crippen molar-refractivity contribution < 1.29 is 14.3 Å². The second kappa shape index (κ2) is 10.9. The van der Waals surface area contributed by atoms with Crippen molar-refractivity contribution in [3.05, 3.63) is 64.8 Å². The fraction of sp³-hybridized carbons (Fsp3) is 0.227. The maximum absolute atomic E-state index is 12.7. The van der Waals surface area contributed by atoms with Crippen LogP contribution in [-0.2, 0) is 11.3 Å². The number of hydrogen-bond donors (Lipinski definition) is 3. The fourth-order valence-corrected chi connectivity index (χ4v) is 3.44. The number of hydrazine groups is 1. The third-order valence-electron chi connectivity index (χ3n) is 4.48. The van der Waals surface area contributed by atoms with Crippen molar-refractivity contribution in [3.63, 3.8) is 0 Å². The molecule has 1 heterocycles. The summed E-state index contributed by atoms with van der Waals surface area (Å²) in [6, 6.07) is 14.9. The number of aromatic nitrogens is 1. The zero-order chi connectivity index (χ0) is 22.2. The second-order valence-electron chi connectivity index (χ2n) is 6.80. The molecular formula is C22H23BrN4O3S. The lowest BCUT2D eigenvalue weighted by molar-refractivity contribution is -0.122. The van der Waals surface area contributed by atoms with E-state index >= 15 is 0 Å². The maximum atomic E-state index is 12.7. The van der Waals surface area contributed by atoms with Gasteiger partial charge in [-0.25, -0.2) is 0 Å². The lowest BCUT2D eigenvalue weighted by atomic mass is 10.2. The van der Waals surface area contributed by atoms with Crippen LogP contribution in [0.25, 0.3) is 10.9 Å². The Balaban J connectivity index is 1.54. The van der Waals surface area contributed by atoms with Crippen LogP contribution in [0.15, 0.2) is 59.2 Å². The molecule has 3 rings (SSSR count). The average Bonchev–Trinajstić information content (AvgIpc) is 3.16. The summed E-state index contributed by atoms with van der Waals surface area (Å²) >= 11 is 8.50. The molecule has 0 saturated carbocycles. The van der Waals surface area contributed by atoms with E-state index in [1.807, 2.05) is 41.1 Å². The molecule has 0 fully saturated rings. The molecule has 0 atom stereocenters. The summed E-state index contributed by atoms with van der Waals surface area (Å²) in [6.45, 7) is 2.69. The minimum absolute atomic E-state index is 0.0183. The summed E-state index contributed by atoms with van der Waals surface area (Å²) in [5.41, 5.74) is 6.37. The van der Waals surface area contributed by atoms with Crippen LogP contribution in [0.5, 0.6) is 5.75 Å². The first-order valence-electron chi connectivity index (χ1n) is 9.84. The number of fused-ring (bicyclic) bond motifs is 1. The average molecular weight is 503 g/mol. The predicted molar refractivity (Wildman–Crippen MR) is 128 cm³/mol. The van der Waals surface area contributed by atoms with E-state index in [2.05, 4.69) is 39.0 Å². The number of para-hydroxylation sites is 1. The number of hydrogen-bond acceptors (Lipinski definition) is 4. The number of rotatable bonds is 7. The van der Waals surface area contributed by atoms with Gasteiger partial charge in [-0.15, -0.1) is 0 Å². The highest BCUT2D eigenvalue weighted by Gasteiger charge is 2.15.